The minimum Gasteiger partial charge on any atom is -0.490 e. The fraction of sp³-hybridized carbons (Fsp3) is 0.167. The van der Waals surface area contributed by atoms with E-state index in [9.17, 15) is 14.9 Å². The summed E-state index contributed by atoms with van der Waals surface area (Å²) in [7, 11) is 0. The first kappa shape index (κ1) is 31.9. The summed E-state index contributed by atoms with van der Waals surface area (Å²) in [6.45, 7) is 5.01. The van der Waals surface area contributed by atoms with Crippen molar-refractivity contribution in [3.05, 3.63) is 133 Å². The number of carbonyl (C=O) groups excluding carboxylic acids is 1. The number of benzene rings is 4. The number of nitrogens with one attached hydrogen (secondary N) is 1. The van der Waals surface area contributed by atoms with Crippen LogP contribution in [0.1, 0.15) is 29.2 Å². The number of nitro groups is 1. The van der Waals surface area contributed by atoms with Crippen LogP contribution < -0.4 is 9.47 Å². The van der Waals surface area contributed by atoms with Crippen molar-refractivity contribution in [2.24, 2.45) is 4.99 Å². The molecule has 9 nitrogen and oxygen atoms in total. The molecule has 5 aromatic rings. The number of hydrogen-bond acceptors (Lipinski definition) is 7. The van der Waals surface area contributed by atoms with E-state index in [4.69, 9.17) is 26.1 Å². The van der Waals surface area contributed by atoms with Gasteiger partial charge in [0, 0.05) is 35.8 Å². The predicted molar refractivity (Wildman–Crippen MR) is 188 cm³/mol. The maximum absolute atomic E-state index is 13.9. The second-order valence-electron chi connectivity index (χ2n) is 10.9. The van der Waals surface area contributed by atoms with Crippen molar-refractivity contribution in [2.45, 2.75) is 26.9 Å². The molecule has 1 aliphatic rings. The van der Waals surface area contributed by atoms with E-state index in [0.717, 1.165) is 27.6 Å². The molecule has 238 valence electrons. The van der Waals surface area contributed by atoms with Crippen molar-refractivity contribution < 1.29 is 19.2 Å². The lowest BCUT2D eigenvalue weighted by atomic mass is 10.1. The maximum atomic E-state index is 13.9. The second kappa shape index (κ2) is 14.1. The van der Waals surface area contributed by atoms with Crippen LogP contribution in [0.15, 0.2) is 101 Å². The van der Waals surface area contributed by atoms with Gasteiger partial charge in [-0.1, -0.05) is 59.6 Å². The number of nitrogens with zero attached hydrogens (tertiary/aromatic N) is 3. The van der Waals surface area contributed by atoms with Crippen LogP contribution in [-0.4, -0.2) is 39.0 Å². The number of hydrogen-bond donors (Lipinski definition) is 1. The van der Waals surface area contributed by atoms with Gasteiger partial charge in [-0.15, -0.1) is 0 Å². The van der Waals surface area contributed by atoms with Crippen molar-refractivity contribution >= 4 is 62.8 Å². The number of fused-ring (bicyclic) bond motifs is 1. The van der Waals surface area contributed by atoms with E-state index in [1.54, 1.807) is 29.2 Å². The highest BCUT2D eigenvalue weighted by atomic mass is 35.5. The first-order valence-electron chi connectivity index (χ1n) is 15.0. The van der Waals surface area contributed by atoms with Crippen LogP contribution in [0.5, 0.6) is 11.5 Å². The minimum absolute atomic E-state index is 0.0332. The Morgan fingerprint density at radius 3 is 2.62 bits per heavy atom. The molecule has 4 aromatic carbocycles. The van der Waals surface area contributed by atoms with Gasteiger partial charge in [-0.2, -0.15) is 0 Å². The molecule has 0 unspecified atom stereocenters. The third-order valence-electron chi connectivity index (χ3n) is 7.55. The molecule has 0 spiro atoms. The number of non-ortho nitro benzene ring substituents is 1. The molecule has 0 saturated carbocycles. The van der Waals surface area contributed by atoms with Gasteiger partial charge >= 0.3 is 0 Å². The number of rotatable bonds is 11. The molecule has 11 heteroatoms. The molecule has 1 aliphatic heterocycles. The summed E-state index contributed by atoms with van der Waals surface area (Å²) < 4.78 is 12.0. The summed E-state index contributed by atoms with van der Waals surface area (Å²) in [5.41, 5.74) is 5.39. The maximum Gasteiger partial charge on any atom is 0.269 e. The van der Waals surface area contributed by atoms with E-state index in [1.165, 1.54) is 23.9 Å². The monoisotopic (exact) mass is 666 g/mol. The Morgan fingerprint density at radius 1 is 1.04 bits per heavy atom. The van der Waals surface area contributed by atoms with Gasteiger partial charge < -0.3 is 14.5 Å². The molecular weight excluding hydrogens is 636 g/mol. The van der Waals surface area contributed by atoms with Crippen molar-refractivity contribution in [1.29, 1.82) is 0 Å². The zero-order valence-corrected chi connectivity index (χ0v) is 27.3. The molecule has 1 aromatic heterocycles. The van der Waals surface area contributed by atoms with E-state index in [2.05, 4.69) is 11.1 Å². The van der Waals surface area contributed by atoms with Crippen molar-refractivity contribution in [3.63, 3.8) is 0 Å². The first-order chi connectivity index (χ1) is 22.8. The fourth-order valence-electron chi connectivity index (χ4n) is 5.30. The Kier molecular flexibility index (Phi) is 9.60. The Bertz CT molecular complexity index is 2020. The number of aryl methyl sites for hydroxylation is 1. The van der Waals surface area contributed by atoms with Gasteiger partial charge in [0.25, 0.3) is 11.6 Å². The molecular formula is C36H31ClN4O5S. The summed E-state index contributed by atoms with van der Waals surface area (Å²) in [6, 6.07) is 25.6. The Hall–Kier alpha value is -5.06. The summed E-state index contributed by atoms with van der Waals surface area (Å²) >= 11 is 7.97. The normalized spacial score (nSPS) is 14.8. The van der Waals surface area contributed by atoms with Crippen molar-refractivity contribution in [3.8, 4) is 11.5 Å². The molecule has 1 saturated heterocycles. The van der Waals surface area contributed by atoms with E-state index >= 15 is 0 Å². The zero-order valence-electron chi connectivity index (χ0n) is 25.7. The number of ether oxygens (including phenoxy) is 2. The molecule has 0 bridgehead atoms. The molecule has 0 radical (unpaired) electrons. The standard InChI is InChI=1S/C36H31ClN4O5S/c1-3-45-32-19-25(18-30(37)34(32)46-22-24-8-6-7-23(2)17-24)20-33-35(42)40(16-15-26-21-38-31-10-5-4-9-29(26)31)36(47-33)39-27-11-13-28(14-12-27)41(43)44/h4-14,17-21,38H,3,15-16,22H2,1-2H3/b33-20-,39-36?. The average Bonchev–Trinajstić information content (AvgIpc) is 3.59. The van der Waals surface area contributed by atoms with E-state index in [0.29, 0.717) is 64.0 Å². The van der Waals surface area contributed by atoms with Gasteiger partial charge in [0.1, 0.15) is 6.61 Å². The molecule has 47 heavy (non-hydrogen) atoms. The van der Waals surface area contributed by atoms with Crippen LogP contribution in [0.4, 0.5) is 11.4 Å². The molecule has 2 heterocycles. The number of amides is 1. The van der Waals surface area contributed by atoms with Gasteiger partial charge in [-0.3, -0.25) is 19.8 Å². The molecule has 1 amide bonds. The SMILES string of the molecule is CCOc1cc(/C=C2\SC(=Nc3ccc([N+](=O)[O-])cc3)N(CCc3c[nH]c4ccccc34)C2=O)cc(Cl)c1OCc1cccc(C)c1. The zero-order chi connectivity index (χ0) is 32.9. The topological polar surface area (TPSA) is 110 Å². The summed E-state index contributed by atoms with van der Waals surface area (Å²) in [5.74, 6) is 0.707. The lowest BCUT2D eigenvalue weighted by Crippen LogP contribution is -2.31. The molecule has 1 fully saturated rings. The Morgan fingerprint density at radius 2 is 1.85 bits per heavy atom. The van der Waals surface area contributed by atoms with Crippen LogP contribution in [0, 0.1) is 17.0 Å². The van der Waals surface area contributed by atoms with E-state index < -0.39 is 4.92 Å². The number of halogens is 1. The number of para-hydroxylation sites is 1. The lowest BCUT2D eigenvalue weighted by molar-refractivity contribution is -0.384. The number of aliphatic imine (C=N–C) groups is 1. The highest BCUT2D eigenvalue weighted by Crippen LogP contribution is 2.40. The van der Waals surface area contributed by atoms with Crippen LogP contribution in [0.25, 0.3) is 17.0 Å². The number of carbonyl (C=O) groups is 1. The third-order valence-corrected chi connectivity index (χ3v) is 8.84. The van der Waals surface area contributed by atoms with Crippen molar-refractivity contribution in [2.75, 3.05) is 13.2 Å². The van der Waals surface area contributed by atoms with Crippen molar-refractivity contribution in [1.82, 2.24) is 9.88 Å². The number of aromatic nitrogens is 1. The van der Waals surface area contributed by atoms with Gasteiger partial charge in [0.05, 0.1) is 27.1 Å². The van der Waals surface area contributed by atoms with Gasteiger partial charge in [0.2, 0.25) is 0 Å². The minimum atomic E-state index is -0.459. The molecule has 6 rings (SSSR count). The average molecular weight is 667 g/mol. The number of H-pyrrole nitrogens is 1. The van der Waals surface area contributed by atoms with Crippen LogP contribution in [-0.2, 0) is 17.8 Å². The Labute approximate surface area is 281 Å². The van der Waals surface area contributed by atoms with Crippen LogP contribution >= 0.6 is 23.4 Å². The summed E-state index contributed by atoms with van der Waals surface area (Å²) in [5, 5.41) is 13.1. The second-order valence-corrected chi connectivity index (χ2v) is 12.3. The van der Waals surface area contributed by atoms with Crippen LogP contribution in [0.2, 0.25) is 5.02 Å². The van der Waals surface area contributed by atoms with Gasteiger partial charge in [0.15, 0.2) is 16.7 Å². The van der Waals surface area contributed by atoms with E-state index in [-0.39, 0.29) is 11.6 Å². The first-order valence-corrected chi connectivity index (χ1v) is 16.2. The summed E-state index contributed by atoms with van der Waals surface area (Å²) in [4.78, 5) is 34.7. The van der Waals surface area contributed by atoms with Crippen LogP contribution in [0.3, 0.4) is 0 Å². The molecule has 0 aliphatic carbocycles. The molecule has 1 N–H and O–H groups in total. The highest BCUT2D eigenvalue weighted by Gasteiger charge is 2.33. The largest absolute Gasteiger partial charge is 0.490 e. The summed E-state index contributed by atoms with van der Waals surface area (Å²) in [6.07, 6.45) is 4.32. The Balaban J connectivity index is 1.30. The van der Waals surface area contributed by atoms with Gasteiger partial charge in [-0.05, 0) is 85.1 Å². The smallest absolute Gasteiger partial charge is 0.269 e. The fourth-order valence-corrected chi connectivity index (χ4v) is 6.60. The number of amidine groups is 1. The van der Waals surface area contributed by atoms with E-state index in [1.807, 2.05) is 68.6 Å². The lowest BCUT2D eigenvalue weighted by Gasteiger charge is -2.15. The number of nitro benzene ring substituents is 1. The molecule has 0 atom stereocenters. The predicted octanol–water partition coefficient (Wildman–Crippen LogP) is 8.86. The van der Waals surface area contributed by atoms with Gasteiger partial charge in [-0.25, -0.2) is 4.99 Å². The highest BCUT2D eigenvalue weighted by molar-refractivity contribution is 8.18. The number of thioether (sulfide) groups is 1. The quantitative estimate of drug-likeness (QED) is 0.0857. The third kappa shape index (κ3) is 7.34. The number of aromatic amines is 1.